The molecule has 2 heterocycles. The largest absolute Gasteiger partial charge is 0.324 e. The van der Waals surface area contributed by atoms with Crippen LogP contribution in [0, 0.1) is 6.92 Å². The molecule has 1 amide bonds. The van der Waals surface area contributed by atoms with Gasteiger partial charge in [-0.2, -0.15) is 5.10 Å². The number of amides is 1. The first-order valence-electron chi connectivity index (χ1n) is 10.8. The Labute approximate surface area is 186 Å². The van der Waals surface area contributed by atoms with Gasteiger partial charge in [-0.25, -0.2) is 0 Å². The molecule has 3 aromatic carbocycles. The Hall–Kier alpha value is -3.99. The number of hydrogen-bond acceptors (Lipinski definition) is 3. The number of benzene rings is 3. The van der Waals surface area contributed by atoms with Crippen LogP contribution in [0.1, 0.15) is 18.1 Å². The number of nitrogens with one attached hydrogen (secondary N) is 1. The van der Waals surface area contributed by atoms with Crippen LogP contribution in [0.4, 0.5) is 5.69 Å². The molecule has 0 bridgehead atoms. The lowest BCUT2D eigenvalue weighted by Gasteiger charge is -2.08. The summed E-state index contributed by atoms with van der Waals surface area (Å²) in [5, 5.41) is 9.82. The van der Waals surface area contributed by atoms with Crippen LogP contribution in [0.5, 0.6) is 0 Å². The quantitative estimate of drug-likeness (QED) is 0.393. The molecule has 0 aliphatic carbocycles. The fourth-order valence-electron chi connectivity index (χ4n) is 4.02. The molecule has 0 saturated heterocycles. The minimum absolute atomic E-state index is 0.116. The van der Waals surface area contributed by atoms with Crippen molar-refractivity contribution >= 4 is 33.4 Å². The molecule has 0 radical (unpaired) electrons. The molecule has 0 spiro atoms. The van der Waals surface area contributed by atoms with E-state index in [2.05, 4.69) is 29.4 Å². The normalized spacial score (nSPS) is 11.2. The topological polar surface area (TPSA) is 59.8 Å². The third kappa shape index (κ3) is 3.73. The molecular weight excluding hydrogens is 396 g/mol. The average molecular weight is 421 g/mol. The summed E-state index contributed by atoms with van der Waals surface area (Å²) in [6.07, 6.45) is 2.80. The second-order valence-electron chi connectivity index (χ2n) is 8.01. The number of carbonyl (C=O) groups excluding carboxylic acids is 1. The Balaban J connectivity index is 1.63. The van der Waals surface area contributed by atoms with Crippen molar-refractivity contribution in [1.82, 2.24) is 14.8 Å². The van der Waals surface area contributed by atoms with Crippen molar-refractivity contribution in [2.45, 2.75) is 26.8 Å². The van der Waals surface area contributed by atoms with Crippen LogP contribution in [0.25, 0.3) is 33.1 Å². The Kier molecular flexibility index (Phi) is 5.15. The molecule has 0 unspecified atom stereocenters. The summed E-state index contributed by atoms with van der Waals surface area (Å²) in [7, 11) is 0. The van der Waals surface area contributed by atoms with E-state index in [-0.39, 0.29) is 12.5 Å². The van der Waals surface area contributed by atoms with Crippen LogP contribution in [-0.2, 0) is 17.8 Å². The molecule has 1 N–H and O–H groups in total. The van der Waals surface area contributed by atoms with Crippen LogP contribution < -0.4 is 5.32 Å². The van der Waals surface area contributed by atoms with Gasteiger partial charge < -0.3 is 5.32 Å². The molecule has 0 aliphatic rings. The maximum absolute atomic E-state index is 12.9. The highest BCUT2D eigenvalue weighted by atomic mass is 16.2. The van der Waals surface area contributed by atoms with Crippen molar-refractivity contribution in [2.75, 3.05) is 5.32 Å². The highest BCUT2D eigenvalue weighted by Crippen LogP contribution is 2.32. The SMILES string of the molecule is CCc1ccc2ncc3c(-c4ccccc4)nn(CC(=O)Nc4ccc(C)cc4)c3c2c1. The van der Waals surface area contributed by atoms with Gasteiger partial charge in [0.2, 0.25) is 5.91 Å². The summed E-state index contributed by atoms with van der Waals surface area (Å²) in [6.45, 7) is 4.28. The second-order valence-corrected chi connectivity index (χ2v) is 8.01. The van der Waals surface area contributed by atoms with Crippen molar-refractivity contribution < 1.29 is 4.79 Å². The van der Waals surface area contributed by atoms with E-state index < -0.39 is 0 Å². The molecule has 2 aromatic heterocycles. The van der Waals surface area contributed by atoms with Crippen molar-refractivity contribution in [3.63, 3.8) is 0 Å². The van der Waals surface area contributed by atoms with Crippen molar-refractivity contribution in [1.29, 1.82) is 0 Å². The van der Waals surface area contributed by atoms with E-state index in [4.69, 9.17) is 5.10 Å². The molecule has 5 heteroatoms. The molecule has 0 fully saturated rings. The van der Waals surface area contributed by atoms with Gasteiger partial charge in [0.1, 0.15) is 12.2 Å². The van der Waals surface area contributed by atoms with Gasteiger partial charge in [0, 0.05) is 28.2 Å². The highest BCUT2D eigenvalue weighted by Gasteiger charge is 2.18. The van der Waals surface area contributed by atoms with E-state index in [0.717, 1.165) is 50.7 Å². The number of aryl methyl sites for hydroxylation is 2. The number of anilines is 1. The van der Waals surface area contributed by atoms with Crippen LogP contribution in [0.2, 0.25) is 0 Å². The number of rotatable bonds is 5. The third-order valence-electron chi connectivity index (χ3n) is 5.72. The van der Waals surface area contributed by atoms with E-state index in [1.807, 2.05) is 78.5 Å². The lowest BCUT2D eigenvalue weighted by molar-refractivity contribution is -0.116. The summed E-state index contributed by atoms with van der Waals surface area (Å²) in [6, 6.07) is 24.1. The lowest BCUT2D eigenvalue weighted by atomic mass is 10.0. The highest BCUT2D eigenvalue weighted by molar-refractivity contribution is 6.08. The molecule has 5 aromatic rings. The Morgan fingerprint density at radius 2 is 1.75 bits per heavy atom. The predicted octanol–water partition coefficient (Wildman–Crippen LogP) is 5.76. The average Bonchev–Trinajstić information content (AvgIpc) is 3.19. The maximum Gasteiger partial charge on any atom is 0.246 e. The van der Waals surface area contributed by atoms with Crippen LogP contribution in [-0.4, -0.2) is 20.7 Å². The Morgan fingerprint density at radius 3 is 2.50 bits per heavy atom. The van der Waals surface area contributed by atoms with Crippen molar-refractivity contribution in [3.05, 3.63) is 90.1 Å². The molecular formula is C27H24N4O. The third-order valence-corrected chi connectivity index (χ3v) is 5.72. The van der Waals surface area contributed by atoms with E-state index >= 15 is 0 Å². The first-order chi connectivity index (χ1) is 15.6. The summed E-state index contributed by atoms with van der Waals surface area (Å²) in [4.78, 5) is 17.6. The maximum atomic E-state index is 12.9. The molecule has 32 heavy (non-hydrogen) atoms. The van der Waals surface area contributed by atoms with Gasteiger partial charge in [-0.05, 0) is 43.2 Å². The van der Waals surface area contributed by atoms with Crippen molar-refractivity contribution in [3.8, 4) is 11.3 Å². The first-order valence-corrected chi connectivity index (χ1v) is 10.8. The van der Waals surface area contributed by atoms with Crippen molar-refractivity contribution in [2.24, 2.45) is 0 Å². The van der Waals surface area contributed by atoms with Gasteiger partial charge >= 0.3 is 0 Å². The number of carbonyl (C=O) groups is 1. The molecule has 5 rings (SSSR count). The predicted molar refractivity (Wildman–Crippen MR) is 130 cm³/mol. The lowest BCUT2D eigenvalue weighted by Crippen LogP contribution is -2.19. The molecule has 0 aliphatic heterocycles. The van der Waals surface area contributed by atoms with Gasteiger partial charge in [-0.15, -0.1) is 0 Å². The first kappa shape index (κ1) is 19.9. The Morgan fingerprint density at radius 1 is 0.969 bits per heavy atom. The van der Waals surface area contributed by atoms with Gasteiger partial charge in [0.05, 0.1) is 11.0 Å². The number of fused-ring (bicyclic) bond motifs is 3. The van der Waals surface area contributed by atoms with Crippen LogP contribution in [0.15, 0.2) is 79.0 Å². The minimum Gasteiger partial charge on any atom is -0.324 e. The second kappa shape index (κ2) is 8.27. The van der Waals surface area contributed by atoms with E-state index in [1.54, 1.807) is 0 Å². The van der Waals surface area contributed by atoms with Gasteiger partial charge in [0.15, 0.2) is 0 Å². The zero-order valence-electron chi connectivity index (χ0n) is 18.2. The minimum atomic E-state index is -0.116. The zero-order valence-corrected chi connectivity index (χ0v) is 18.2. The van der Waals surface area contributed by atoms with Gasteiger partial charge in [-0.3, -0.25) is 14.5 Å². The molecule has 0 saturated carbocycles. The van der Waals surface area contributed by atoms with Crippen LogP contribution in [0.3, 0.4) is 0 Å². The molecule has 5 nitrogen and oxygen atoms in total. The number of nitrogens with zero attached hydrogens (tertiary/aromatic N) is 3. The Bertz CT molecular complexity index is 1420. The van der Waals surface area contributed by atoms with E-state index in [1.165, 1.54) is 5.56 Å². The molecule has 158 valence electrons. The monoisotopic (exact) mass is 420 g/mol. The standard InChI is InChI=1S/C27H24N4O/c1-3-19-11-14-24-22(15-19)27-23(16-28-24)26(20-7-5-4-6-8-20)30-31(27)17-25(32)29-21-12-9-18(2)10-13-21/h4-16H,3,17H2,1-2H3,(H,29,32). The fourth-order valence-corrected chi connectivity index (χ4v) is 4.02. The number of hydrogen-bond donors (Lipinski definition) is 1. The van der Waals surface area contributed by atoms with Crippen LogP contribution >= 0.6 is 0 Å². The molecule has 0 atom stereocenters. The van der Waals surface area contributed by atoms with E-state index in [0.29, 0.717) is 0 Å². The number of pyridine rings is 1. The van der Waals surface area contributed by atoms with E-state index in [9.17, 15) is 4.79 Å². The fraction of sp³-hybridized carbons (Fsp3) is 0.148. The summed E-state index contributed by atoms with van der Waals surface area (Å²) >= 11 is 0. The van der Waals surface area contributed by atoms with Gasteiger partial charge in [0.25, 0.3) is 0 Å². The summed E-state index contributed by atoms with van der Waals surface area (Å²) in [5.41, 5.74) is 6.82. The summed E-state index contributed by atoms with van der Waals surface area (Å²) < 4.78 is 1.81. The summed E-state index contributed by atoms with van der Waals surface area (Å²) in [5.74, 6) is -0.116. The van der Waals surface area contributed by atoms with Gasteiger partial charge in [-0.1, -0.05) is 61.0 Å². The zero-order chi connectivity index (χ0) is 22.1. The number of aromatic nitrogens is 3. The smallest absolute Gasteiger partial charge is 0.246 e.